The van der Waals surface area contributed by atoms with Crippen molar-refractivity contribution in [3.8, 4) is 0 Å². The van der Waals surface area contributed by atoms with Gasteiger partial charge in [0.2, 0.25) is 0 Å². The van der Waals surface area contributed by atoms with Crippen LogP contribution in [0.2, 0.25) is 0 Å². The predicted octanol–water partition coefficient (Wildman–Crippen LogP) is 6.36. The van der Waals surface area contributed by atoms with E-state index in [1.54, 1.807) is 12.2 Å². The standard InChI is InChI=1S/C28H30N4/c1-4-8-22(19-30)13-14-23(18-26(31)21(3)9-7-16-29)32-27-11-6-5-10-24(27)25-17-20(2)12-15-28(25)32/h4-12,14-19,30H,1,13,29,31H2,2-3H3/b16-7-,21-9+,22-8-,23-14+,26-18-,30-19?. The second kappa shape index (κ2) is 10.3. The van der Waals surface area contributed by atoms with E-state index in [1.807, 2.05) is 31.2 Å². The molecule has 162 valence electrons. The summed E-state index contributed by atoms with van der Waals surface area (Å²) in [5.41, 5.74) is 18.8. The first kappa shape index (κ1) is 22.6. The summed E-state index contributed by atoms with van der Waals surface area (Å²) in [5.74, 6) is 0. The minimum atomic E-state index is 0.583. The Bertz CT molecular complexity index is 1310. The molecule has 0 unspecified atom stereocenters. The number of aryl methyl sites for hydroxylation is 1. The number of nitrogens with one attached hydrogen (secondary N) is 1. The maximum atomic E-state index is 7.71. The molecule has 0 bridgehead atoms. The molecule has 4 nitrogen and oxygen atoms in total. The van der Waals surface area contributed by atoms with E-state index in [-0.39, 0.29) is 0 Å². The lowest BCUT2D eigenvalue weighted by atomic mass is 10.1. The van der Waals surface area contributed by atoms with E-state index in [1.165, 1.54) is 28.8 Å². The number of hydrogen-bond donors (Lipinski definition) is 3. The predicted molar refractivity (Wildman–Crippen MR) is 139 cm³/mol. The monoisotopic (exact) mass is 422 g/mol. The van der Waals surface area contributed by atoms with Gasteiger partial charge in [-0.25, -0.2) is 0 Å². The smallest absolute Gasteiger partial charge is 0.0541 e. The highest BCUT2D eigenvalue weighted by atomic mass is 15.0. The summed E-state index contributed by atoms with van der Waals surface area (Å²) in [6.07, 6.45) is 14.7. The zero-order chi connectivity index (χ0) is 23.1. The Kier molecular flexibility index (Phi) is 7.29. The fourth-order valence-electron chi connectivity index (χ4n) is 3.70. The lowest BCUT2D eigenvalue weighted by Gasteiger charge is -2.12. The summed E-state index contributed by atoms with van der Waals surface area (Å²) in [5, 5.41) is 10.1. The Balaban J connectivity index is 2.30. The molecule has 3 rings (SSSR count). The number of nitrogens with zero attached hydrogens (tertiary/aromatic N) is 1. The van der Waals surface area contributed by atoms with Crippen molar-refractivity contribution in [2.75, 3.05) is 0 Å². The van der Waals surface area contributed by atoms with Crippen LogP contribution < -0.4 is 11.5 Å². The van der Waals surface area contributed by atoms with Crippen LogP contribution in [0.1, 0.15) is 18.9 Å². The highest BCUT2D eigenvalue weighted by molar-refractivity contribution is 6.10. The summed E-state index contributed by atoms with van der Waals surface area (Å²) in [6, 6.07) is 14.9. The number of hydrogen-bond acceptors (Lipinski definition) is 3. The molecule has 0 aliphatic heterocycles. The van der Waals surface area contributed by atoms with Gasteiger partial charge in [0.15, 0.2) is 0 Å². The number of fused-ring (bicyclic) bond motifs is 3. The van der Waals surface area contributed by atoms with Crippen LogP contribution >= 0.6 is 0 Å². The lowest BCUT2D eigenvalue weighted by Crippen LogP contribution is -2.03. The fraction of sp³-hybridized carbons (Fsp3) is 0.107. The molecule has 0 saturated carbocycles. The Morgan fingerprint density at radius 1 is 1.09 bits per heavy atom. The molecule has 0 spiro atoms. The summed E-state index contributed by atoms with van der Waals surface area (Å²) < 4.78 is 2.23. The van der Waals surface area contributed by atoms with E-state index < -0.39 is 0 Å². The molecule has 1 aromatic heterocycles. The van der Waals surface area contributed by atoms with Crippen molar-refractivity contribution in [3.05, 3.63) is 114 Å². The average molecular weight is 423 g/mol. The van der Waals surface area contributed by atoms with Gasteiger partial charge in [-0.1, -0.05) is 60.7 Å². The summed E-state index contributed by atoms with van der Waals surface area (Å²) in [6.45, 7) is 7.82. The second-order valence-corrected chi connectivity index (χ2v) is 7.66. The molecule has 32 heavy (non-hydrogen) atoms. The first-order chi connectivity index (χ1) is 15.5. The lowest BCUT2D eigenvalue weighted by molar-refractivity contribution is 1.18. The third-order valence-electron chi connectivity index (χ3n) is 5.37. The minimum Gasteiger partial charge on any atom is -0.405 e. The number of allylic oxidation sites excluding steroid dienone is 9. The van der Waals surface area contributed by atoms with Crippen LogP contribution in [0.15, 0.2) is 109 Å². The van der Waals surface area contributed by atoms with Gasteiger partial charge in [-0.15, -0.1) is 0 Å². The Morgan fingerprint density at radius 2 is 1.84 bits per heavy atom. The zero-order valence-electron chi connectivity index (χ0n) is 18.7. The van der Waals surface area contributed by atoms with Crippen molar-refractivity contribution in [1.82, 2.24) is 4.57 Å². The first-order valence-corrected chi connectivity index (χ1v) is 10.5. The van der Waals surface area contributed by atoms with Gasteiger partial charge in [-0.2, -0.15) is 0 Å². The van der Waals surface area contributed by atoms with Crippen LogP contribution in [0, 0.1) is 12.3 Å². The van der Waals surface area contributed by atoms with E-state index in [0.29, 0.717) is 12.1 Å². The maximum absolute atomic E-state index is 7.71. The first-order valence-electron chi connectivity index (χ1n) is 10.5. The molecular weight excluding hydrogens is 392 g/mol. The highest BCUT2D eigenvalue weighted by Gasteiger charge is 2.13. The van der Waals surface area contributed by atoms with Gasteiger partial charge in [-0.3, -0.25) is 0 Å². The maximum Gasteiger partial charge on any atom is 0.0541 e. The van der Waals surface area contributed by atoms with E-state index in [4.69, 9.17) is 16.9 Å². The number of nitrogens with two attached hydrogens (primary N) is 2. The summed E-state index contributed by atoms with van der Waals surface area (Å²) in [7, 11) is 0. The molecule has 0 aliphatic carbocycles. The van der Waals surface area contributed by atoms with Gasteiger partial charge < -0.3 is 21.4 Å². The van der Waals surface area contributed by atoms with Gasteiger partial charge in [0.1, 0.15) is 0 Å². The van der Waals surface area contributed by atoms with Crippen LogP contribution in [0.3, 0.4) is 0 Å². The van der Waals surface area contributed by atoms with E-state index in [2.05, 4.69) is 60.5 Å². The van der Waals surface area contributed by atoms with Crippen molar-refractivity contribution in [2.45, 2.75) is 20.3 Å². The van der Waals surface area contributed by atoms with Gasteiger partial charge in [0.25, 0.3) is 0 Å². The number of rotatable bonds is 8. The number of benzene rings is 2. The summed E-state index contributed by atoms with van der Waals surface area (Å²) >= 11 is 0. The van der Waals surface area contributed by atoms with Crippen LogP contribution in [0.4, 0.5) is 0 Å². The topological polar surface area (TPSA) is 80.8 Å². The third-order valence-corrected chi connectivity index (χ3v) is 5.37. The van der Waals surface area contributed by atoms with Gasteiger partial charge in [0, 0.05) is 28.4 Å². The molecule has 0 fully saturated rings. The van der Waals surface area contributed by atoms with Crippen molar-refractivity contribution in [1.29, 1.82) is 5.41 Å². The van der Waals surface area contributed by atoms with Gasteiger partial charge in [-0.05, 0) is 68.0 Å². The number of aromatic nitrogens is 1. The van der Waals surface area contributed by atoms with Gasteiger partial charge in [0.05, 0.1) is 11.0 Å². The van der Waals surface area contributed by atoms with Crippen molar-refractivity contribution >= 4 is 33.7 Å². The van der Waals surface area contributed by atoms with Crippen LogP contribution in [-0.4, -0.2) is 10.8 Å². The van der Waals surface area contributed by atoms with Crippen LogP contribution in [-0.2, 0) is 0 Å². The molecule has 5 N–H and O–H groups in total. The second-order valence-electron chi connectivity index (χ2n) is 7.66. The molecule has 1 heterocycles. The normalized spacial score (nSPS) is 13.9. The molecule has 0 radical (unpaired) electrons. The third kappa shape index (κ3) is 4.81. The minimum absolute atomic E-state index is 0.583. The van der Waals surface area contributed by atoms with E-state index >= 15 is 0 Å². The van der Waals surface area contributed by atoms with E-state index in [9.17, 15) is 0 Å². The van der Waals surface area contributed by atoms with Crippen molar-refractivity contribution in [2.24, 2.45) is 11.5 Å². The molecular formula is C28H30N4. The zero-order valence-corrected chi connectivity index (χ0v) is 18.7. The highest BCUT2D eigenvalue weighted by Crippen LogP contribution is 2.33. The fourth-order valence-corrected chi connectivity index (χ4v) is 3.70. The largest absolute Gasteiger partial charge is 0.405 e. The van der Waals surface area contributed by atoms with Crippen molar-refractivity contribution in [3.63, 3.8) is 0 Å². The Morgan fingerprint density at radius 3 is 2.56 bits per heavy atom. The van der Waals surface area contributed by atoms with Crippen LogP contribution in [0.25, 0.3) is 27.5 Å². The van der Waals surface area contributed by atoms with Crippen LogP contribution in [0.5, 0.6) is 0 Å². The molecule has 0 saturated heterocycles. The summed E-state index contributed by atoms with van der Waals surface area (Å²) in [4.78, 5) is 0. The molecule has 0 atom stereocenters. The molecule has 2 aromatic carbocycles. The Hall–Kier alpha value is -4.05. The molecule has 0 amide bonds. The van der Waals surface area contributed by atoms with Crippen molar-refractivity contribution < 1.29 is 0 Å². The van der Waals surface area contributed by atoms with Gasteiger partial charge >= 0.3 is 0 Å². The SMILES string of the molecule is C=C/C=C(\C=N)C\C=C(/C=C(N)/C(C)=C/C=C\N)n1c2ccccc2c2cc(C)ccc21. The van der Waals surface area contributed by atoms with E-state index in [0.717, 1.165) is 27.9 Å². The molecule has 3 aromatic rings. The Labute approximate surface area is 189 Å². The number of para-hydroxylation sites is 1. The average Bonchev–Trinajstić information content (AvgIpc) is 3.12. The quantitative estimate of drug-likeness (QED) is 0.292. The molecule has 0 aliphatic rings. The molecule has 4 heteroatoms.